The van der Waals surface area contributed by atoms with Gasteiger partial charge in [-0.15, -0.1) is 0 Å². The van der Waals surface area contributed by atoms with E-state index in [-0.39, 0.29) is 18.3 Å². The molecule has 418 valence electrons. The number of para-hydroxylation sites is 2. The first-order valence-electron chi connectivity index (χ1n) is 29.0. The third kappa shape index (κ3) is 11.4. The van der Waals surface area contributed by atoms with E-state index in [0.29, 0.717) is 0 Å². The Kier molecular flexibility index (Phi) is 16.1. The van der Waals surface area contributed by atoms with Gasteiger partial charge < -0.3 is 18.4 Å². The molecule has 0 aliphatic carbocycles. The molecule has 12 aromatic carbocycles. The molecule has 3 heterocycles. The third-order valence-electron chi connectivity index (χ3n) is 16.7. The van der Waals surface area contributed by atoms with Crippen LogP contribution in [0.25, 0.3) is 111 Å². The summed E-state index contributed by atoms with van der Waals surface area (Å²) in [5.74, 6) is 0. The second-order valence-electron chi connectivity index (χ2n) is 22.7. The highest BCUT2D eigenvalue weighted by Crippen LogP contribution is 2.41. The van der Waals surface area contributed by atoms with Gasteiger partial charge in [-0.05, 0) is 190 Å². The van der Waals surface area contributed by atoms with Crippen molar-refractivity contribution < 1.29 is 9.31 Å². The molecule has 0 unspecified atom stereocenters. The molecule has 1 aliphatic heterocycles. The summed E-state index contributed by atoms with van der Waals surface area (Å²) in [5, 5.41) is 4.99. The molecular formula is C78H60BBr2IN2O2. The molecule has 86 heavy (non-hydrogen) atoms. The Morgan fingerprint density at radius 2 is 0.674 bits per heavy atom. The van der Waals surface area contributed by atoms with Gasteiger partial charge in [-0.2, -0.15) is 0 Å². The summed E-state index contributed by atoms with van der Waals surface area (Å²) in [7, 11) is -0.388. The lowest BCUT2D eigenvalue weighted by atomic mass is 9.79. The smallest absolute Gasteiger partial charge is 0.399 e. The molecule has 14 aromatic rings. The highest BCUT2D eigenvalue weighted by molar-refractivity contribution is 14.1. The van der Waals surface area contributed by atoms with Crippen LogP contribution in [0.15, 0.2) is 300 Å². The number of hydrogen-bond acceptors (Lipinski definition) is 2. The summed E-state index contributed by atoms with van der Waals surface area (Å²) in [4.78, 5) is 0. The summed E-state index contributed by atoms with van der Waals surface area (Å²) < 4.78 is 20.9. The first kappa shape index (κ1) is 57.0. The van der Waals surface area contributed by atoms with Crippen LogP contribution in [0, 0.1) is 3.57 Å². The maximum absolute atomic E-state index is 6.35. The van der Waals surface area contributed by atoms with Crippen molar-refractivity contribution in [1.82, 2.24) is 9.13 Å². The van der Waals surface area contributed by atoms with Crippen LogP contribution in [0.4, 0.5) is 0 Å². The fourth-order valence-electron chi connectivity index (χ4n) is 11.7. The maximum atomic E-state index is 6.35. The predicted molar refractivity (Wildman–Crippen MR) is 379 cm³/mol. The fourth-order valence-corrected chi connectivity index (χ4v) is 13.2. The number of rotatable bonds is 8. The minimum atomic E-state index is -0.388. The van der Waals surface area contributed by atoms with Crippen molar-refractivity contribution in [2.75, 3.05) is 0 Å². The van der Waals surface area contributed by atoms with Gasteiger partial charge in [0.2, 0.25) is 0 Å². The summed E-state index contributed by atoms with van der Waals surface area (Å²) in [6.45, 7) is 8.38. The van der Waals surface area contributed by atoms with Crippen LogP contribution in [0.1, 0.15) is 27.7 Å². The van der Waals surface area contributed by atoms with Crippen LogP contribution in [0.3, 0.4) is 0 Å². The van der Waals surface area contributed by atoms with Gasteiger partial charge >= 0.3 is 7.12 Å². The molecule has 1 saturated heterocycles. The molecule has 0 saturated carbocycles. The van der Waals surface area contributed by atoms with Gasteiger partial charge in [-0.1, -0.05) is 244 Å². The van der Waals surface area contributed by atoms with Crippen LogP contribution in [0.2, 0.25) is 0 Å². The molecule has 0 amide bonds. The van der Waals surface area contributed by atoms with E-state index in [2.05, 4.69) is 370 Å². The van der Waals surface area contributed by atoms with Crippen molar-refractivity contribution in [2.45, 2.75) is 38.9 Å². The van der Waals surface area contributed by atoms with Crippen molar-refractivity contribution in [3.63, 3.8) is 0 Å². The molecule has 8 heteroatoms. The van der Waals surface area contributed by atoms with Crippen molar-refractivity contribution in [2.24, 2.45) is 0 Å². The molecule has 0 spiro atoms. The van der Waals surface area contributed by atoms with Gasteiger partial charge in [0.15, 0.2) is 0 Å². The molecular weight excluding hydrogens is 1290 g/mol. The predicted octanol–water partition coefficient (Wildman–Crippen LogP) is 22.0. The SMILES string of the molecule is Brc1cccc(-c2ccccc2-c2ccc3c4ccccc4n(-c4ccc(-c5ccccc5)cc4)c3c2)c1.Brc1cccc(-c2ccccc2I)c1.CC1(C)OB(c2ccc3c4ccccc4n(-c4ccc(-c5ccccc5)cc4)c3c2)OC1(C)C. The number of fused-ring (bicyclic) bond motifs is 6. The maximum Gasteiger partial charge on any atom is 0.494 e. The molecule has 0 N–H and O–H groups in total. The molecule has 1 fully saturated rings. The number of aromatic nitrogens is 2. The van der Waals surface area contributed by atoms with E-state index in [9.17, 15) is 0 Å². The monoisotopic (exact) mass is 1350 g/mol. The summed E-state index contributed by atoms with van der Waals surface area (Å²) in [6, 6.07) is 103. The summed E-state index contributed by atoms with van der Waals surface area (Å²) in [6.07, 6.45) is 0. The van der Waals surface area contributed by atoms with E-state index < -0.39 is 0 Å². The van der Waals surface area contributed by atoms with E-state index in [1.54, 1.807) is 0 Å². The number of benzene rings is 12. The standard InChI is InChI=1S/C36H24BrN.C30H28BNO2.C12H8BrI/c37-29-12-8-11-27(23-29)31-13-4-5-14-32(31)28-19-22-34-33-15-6-7-16-35(33)38(36(34)24-28)30-20-17-26(18-21-30)25-9-2-1-3-10-25;1-29(2)30(3,4)34-31(33-29)23-16-19-26-25-12-8-9-13-27(25)32(28(26)20-23)24-17-14-22(15-18-24)21-10-6-5-7-11-21;13-10-5-3-4-9(8-10)11-6-1-2-7-12(11)14/h1-24H;5-20H,1-4H3;1-8H. The van der Waals surface area contributed by atoms with Crippen molar-refractivity contribution in [1.29, 1.82) is 0 Å². The largest absolute Gasteiger partial charge is 0.494 e. The lowest BCUT2D eigenvalue weighted by molar-refractivity contribution is 0.00578. The topological polar surface area (TPSA) is 28.3 Å². The minimum Gasteiger partial charge on any atom is -0.399 e. The molecule has 4 nitrogen and oxygen atoms in total. The second kappa shape index (κ2) is 24.4. The van der Waals surface area contributed by atoms with Crippen molar-refractivity contribution in [3.05, 3.63) is 304 Å². The molecule has 0 radical (unpaired) electrons. The zero-order valence-electron chi connectivity index (χ0n) is 48.1. The van der Waals surface area contributed by atoms with Gasteiger partial charge in [0.1, 0.15) is 0 Å². The van der Waals surface area contributed by atoms with Gasteiger partial charge in [-0.25, -0.2) is 0 Å². The molecule has 1 aliphatic rings. The van der Waals surface area contributed by atoms with Crippen molar-refractivity contribution in [3.8, 4) is 67.0 Å². The Labute approximate surface area is 534 Å². The van der Waals surface area contributed by atoms with Gasteiger partial charge in [0.05, 0.1) is 33.3 Å². The van der Waals surface area contributed by atoms with E-state index >= 15 is 0 Å². The van der Waals surface area contributed by atoms with E-state index in [1.807, 2.05) is 12.1 Å². The summed E-state index contributed by atoms with van der Waals surface area (Å²) >= 11 is 9.49. The third-order valence-corrected chi connectivity index (χ3v) is 18.7. The average Bonchev–Trinajstić information content (AvgIpc) is 1.81. The Morgan fingerprint density at radius 1 is 0.314 bits per heavy atom. The molecule has 0 bridgehead atoms. The lowest BCUT2D eigenvalue weighted by Gasteiger charge is -2.32. The van der Waals surface area contributed by atoms with Gasteiger partial charge in [0, 0.05) is 45.4 Å². The van der Waals surface area contributed by atoms with E-state index in [0.717, 1.165) is 31.3 Å². The van der Waals surface area contributed by atoms with Gasteiger partial charge in [-0.3, -0.25) is 0 Å². The van der Waals surface area contributed by atoms with Crippen LogP contribution < -0.4 is 5.46 Å². The number of hydrogen-bond donors (Lipinski definition) is 0. The van der Waals surface area contributed by atoms with E-state index in [1.165, 1.54) is 97.3 Å². The highest BCUT2D eigenvalue weighted by Gasteiger charge is 2.51. The van der Waals surface area contributed by atoms with E-state index in [4.69, 9.17) is 9.31 Å². The molecule has 2 aromatic heterocycles. The normalized spacial score (nSPS) is 13.4. The summed E-state index contributed by atoms with van der Waals surface area (Å²) in [5.41, 5.74) is 19.6. The number of halogens is 3. The average molecular weight is 1350 g/mol. The zero-order valence-corrected chi connectivity index (χ0v) is 53.5. The second-order valence-corrected chi connectivity index (χ2v) is 25.7. The Balaban J connectivity index is 0.000000131. The Bertz CT molecular complexity index is 4730. The Hall–Kier alpha value is -8.09. The highest BCUT2D eigenvalue weighted by atomic mass is 127. The van der Waals surface area contributed by atoms with Crippen LogP contribution in [-0.4, -0.2) is 27.5 Å². The van der Waals surface area contributed by atoms with Crippen LogP contribution in [-0.2, 0) is 9.31 Å². The van der Waals surface area contributed by atoms with Gasteiger partial charge in [0.25, 0.3) is 0 Å². The minimum absolute atomic E-state index is 0.368. The quantitative estimate of drug-likeness (QED) is 0.112. The first-order chi connectivity index (χ1) is 41.9. The fraction of sp³-hybridized carbons (Fsp3) is 0.0769. The van der Waals surface area contributed by atoms with Crippen LogP contribution in [0.5, 0.6) is 0 Å². The molecule has 0 atom stereocenters. The molecule has 15 rings (SSSR count). The van der Waals surface area contributed by atoms with Crippen LogP contribution >= 0.6 is 54.5 Å². The zero-order chi connectivity index (χ0) is 58.9. The lowest BCUT2D eigenvalue weighted by Crippen LogP contribution is -2.41. The van der Waals surface area contributed by atoms with Crippen molar-refractivity contribution >= 4 is 111 Å². The number of nitrogens with zero attached hydrogens (tertiary/aromatic N) is 2. The first-order valence-corrected chi connectivity index (χ1v) is 31.6. The Morgan fingerprint density at radius 3 is 1.16 bits per heavy atom.